The second kappa shape index (κ2) is 6.21. The molecule has 1 aromatic heterocycles. The third kappa shape index (κ3) is 3.16. The van der Waals surface area contributed by atoms with E-state index in [2.05, 4.69) is 15.4 Å². The average Bonchev–Trinajstić information content (AvgIpc) is 2.92. The second-order valence-corrected chi connectivity index (χ2v) is 5.53. The number of hydrogen-bond acceptors (Lipinski definition) is 6. The summed E-state index contributed by atoms with van der Waals surface area (Å²) in [6, 6.07) is 0. The largest absolute Gasteiger partial charge is 0.409 e. The van der Waals surface area contributed by atoms with Crippen LogP contribution in [0.2, 0.25) is 0 Å². The Balaban J connectivity index is 2.21. The minimum Gasteiger partial charge on any atom is -0.409 e. The van der Waals surface area contributed by atoms with Gasteiger partial charge >= 0.3 is 0 Å². The minimum atomic E-state index is 0.0744. The van der Waals surface area contributed by atoms with Crippen LogP contribution in [0, 0.1) is 13.8 Å². The van der Waals surface area contributed by atoms with Crippen molar-refractivity contribution in [1.82, 2.24) is 10.2 Å². The fourth-order valence-electron chi connectivity index (χ4n) is 1.99. The van der Waals surface area contributed by atoms with E-state index in [1.807, 2.05) is 13.8 Å². The molecule has 1 aromatic rings. The summed E-state index contributed by atoms with van der Waals surface area (Å²) in [7, 11) is 0. The van der Waals surface area contributed by atoms with Crippen molar-refractivity contribution in [2.75, 3.05) is 12.4 Å². The maximum atomic E-state index is 8.89. The van der Waals surface area contributed by atoms with Crippen molar-refractivity contribution >= 4 is 17.6 Å². The van der Waals surface area contributed by atoms with Crippen molar-refractivity contribution in [3.05, 3.63) is 16.8 Å². The summed E-state index contributed by atoms with van der Waals surface area (Å²) >= 11 is 1.54. The molecule has 0 saturated carbocycles. The van der Waals surface area contributed by atoms with Gasteiger partial charge < -0.3 is 15.7 Å². The summed E-state index contributed by atoms with van der Waals surface area (Å²) in [5.41, 5.74) is 8.07. The van der Waals surface area contributed by atoms with Gasteiger partial charge in [0.25, 0.3) is 0 Å². The van der Waals surface area contributed by atoms with Gasteiger partial charge in [-0.2, -0.15) is 5.10 Å². The lowest BCUT2D eigenvalue weighted by Crippen LogP contribution is -2.19. The first-order valence-electron chi connectivity index (χ1n) is 6.19. The van der Waals surface area contributed by atoms with Gasteiger partial charge in [0.2, 0.25) is 0 Å². The normalized spacial score (nSPS) is 19.9. The minimum absolute atomic E-state index is 0.0744. The van der Waals surface area contributed by atoms with Gasteiger partial charge in [0.05, 0.1) is 17.4 Å². The SMILES string of the molecule is Cc1nnc(SCC2CCCO2)c(C(N)=NO)c1C. The average molecular weight is 282 g/mol. The Hall–Kier alpha value is -1.34. The highest BCUT2D eigenvalue weighted by Crippen LogP contribution is 2.27. The quantitative estimate of drug-likeness (QED) is 0.285. The van der Waals surface area contributed by atoms with E-state index in [0.717, 1.165) is 36.5 Å². The number of aryl methyl sites for hydroxylation is 1. The molecule has 1 saturated heterocycles. The Labute approximate surface area is 116 Å². The molecule has 2 heterocycles. The van der Waals surface area contributed by atoms with E-state index in [1.165, 1.54) is 0 Å². The molecule has 1 atom stereocenters. The van der Waals surface area contributed by atoms with E-state index in [4.69, 9.17) is 15.7 Å². The number of amidine groups is 1. The molecule has 0 amide bonds. The first-order valence-corrected chi connectivity index (χ1v) is 7.18. The van der Waals surface area contributed by atoms with Crippen molar-refractivity contribution in [2.45, 2.75) is 37.8 Å². The zero-order valence-electron chi connectivity index (χ0n) is 11.1. The van der Waals surface area contributed by atoms with Crippen molar-refractivity contribution in [2.24, 2.45) is 10.9 Å². The van der Waals surface area contributed by atoms with Crippen molar-refractivity contribution < 1.29 is 9.94 Å². The predicted molar refractivity (Wildman–Crippen MR) is 73.7 cm³/mol. The first kappa shape index (κ1) is 14.1. The lowest BCUT2D eigenvalue weighted by Gasteiger charge is -2.13. The summed E-state index contributed by atoms with van der Waals surface area (Å²) in [5, 5.41) is 20.9. The molecule has 0 spiro atoms. The monoisotopic (exact) mass is 282 g/mol. The highest BCUT2D eigenvalue weighted by atomic mass is 32.2. The predicted octanol–water partition coefficient (Wildman–Crippen LogP) is 1.46. The van der Waals surface area contributed by atoms with E-state index < -0.39 is 0 Å². The van der Waals surface area contributed by atoms with Crippen molar-refractivity contribution in [3.8, 4) is 0 Å². The van der Waals surface area contributed by atoms with Crippen molar-refractivity contribution in [1.29, 1.82) is 0 Å². The van der Waals surface area contributed by atoms with Crippen molar-refractivity contribution in [3.63, 3.8) is 0 Å². The Morgan fingerprint density at radius 3 is 2.95 bits per heavy atom. The van der Waals surface area contributed by atoms with Crippen LogP contribution in [0.25, 0.3) is 0 Å². The molecule has 0 bridgehead atoms. The first-order chi connectivity index (χ1) is 9.13. The van der Waals surface area contributed by atoms with Gasteiger partial charge in [-0.05, 0) is 32.3 Å². The van der Waals surface area contributed by atoms with Crippen LogP contribution in [0.4, 0.5) is 0 Å². The third-order valence-corrected chi connectivity index (χ3v) is 4.31. The van der Waals surface area contributed by atoms with Gasteiger partial charge in [0.1, 0.15) is 5.03 Å². The van der Waals surface area contributed by atoms with Gasteiger partial charge in [-0.25, -0.2) is 0 Å². The molecule has 104 valence electrons. The number of hydrogen-bond donors (Lipinski definition) is 2. The number of nitrogens with zero attached hydrogens (tertiary/aromatic N) is 3. The maximum absolute atomic E-state index is 8.89. The van der Waals surface area contributed by atoms with Crippen LogP contribution in [0.3, 0.4) is 0 Å². The lowest BCUT2D eigenvalue weighted by atomic mass is 10.1. The zero-order valence-corrected chi connectivity index (χ0v) is 11.9. The summed E-state index contributed by atoms with van der Waals surface area (Å²) in [6.07, 6.45) is 2.44. The summed E-state index contributed by atoms with van der Waals surface area (Å²) in [4.78, 5) is 0. The smallest absolute Gasteiger partial charge is 0.173 e. The number of oxime groups is 1. The van der Waals surface area contributed by atoms with Crippen LogP contribution in [-0.2, 0) is 4.74 Å². The highest BCUT2D eigenvalue weighted by Gasteiger charge is 2.20. The number of thioether (sulfide) groups is 1. The fourth-order valence-corrected chi connectivity index (χ4v) is 3.09. The molecule has 6 nitrogen and oxygen atoms in total. The molecule has 0 radical (unpaired) electrons. The Morgan fingerprint density at radius 2 is 2.32 bits per heavy atom. The highest BCUT2D eigenvalue weighted by molar-refractivity contribution is 7.99. The van der Waals surface area contributed by atoms with Crippen LogP contribution in [0.15, 0.2) is 10.2 Å². The van der Waals surface area contributed by atoms with E-state index in [9.17, 15) is 0 Å². The van der Waals surface area contributed by atoms with Crippen LogP contribution >= 0.6 is 11.8 Å². The zero-order chi connectivity index (χ0) is 13.8. The van der Waals surface area contributed by atoms with E-state index in [0.29, 0.717) is 10.6 Å². The molecular formula is C12H18N4O2S. The molecule has 3 N–H and O–H groups in total. The van der Waals surface area contributed by atoms with Crippen LogP contribution in [-0.4, -0.2) is 39.7 Å². The molecule has 1 fully saturated rings. The van der Waals surface area contributed by atoms with Gasteiger partial charge in [-0.3, -0.25) is 0 Å². The molecule has 0 aliphatic carbocycles. The number of nitrogens with two attached hydrogens (primary N) is 1. The molecule has 2 rings (SSSR count). The summed E-state index contributed by atoms with van der Waals surface area (Å²) in [6.45, 7) is 4.58. The molecule has 1 aliphatic heterocycles. The lowest BCUT2D eigenvalue weighted by molar-refractivity contribution is 0.129. The number of rotatable bonds is 4. The molecule has 1 unspecified atom stereocenters. The van der Waals surface area contributed by atoms with Gasteiger partial charge in [0, 0.05) is 12.4 Å². The Bertz CT molecular complexity index is 487. The Morgan fingerprint density at radius 1 is 1.53 bits per heavy atom. The topological polar surface area (TPSA) is 93.6 Å². The third-order valence-electron chi connectivity index (χ3n) is 3.22. The standard InChI is InChI=1S/C12H18N4O2S/c1-7-8(2)14-15-12(10(7)11(13)16-17)19-6-9-4-3-5-18-9/h9,17H,3-6H2,1-2H3,(H2,13,16). The van der Waals surface area contributed by atoms with Gasteiger partial charge in [0.15, 0.2) is 5.84 Å². The molecule has 0 aromatic carbocycles. The van der Waals surface area contributed by atoms with Gasteiger partial charge in [-0.15, -0.1) is 16.9 Å². The maximum Gasteiger partial charge on any atom is 0.173 e. The van der Waals surface area contributed by atoms with E-state index in [1.54, 1.807) is 11.8 Å². The van der Waals surface area contributed by atoms with Crippen LogP contribution in [0.1, 0.15) is 29.7 Å². The summed E-state index contributed by atoms with van der Waals surface area (Å²) < 4.78 is 5.58. The number of aromatic nitrogens is 2. The van der Waals surface area contributed by atoms with Gasteiger partial charge in [-0.1, -0.05) is 5.16 Å². The van der Waals surface area contributed by atoms with E-state index >= 15 is 0 Å². The molecule has 7 heteroatoms. The van der Waals surface area contributed by atoms with E-state index in [-0.39, 0.29) is 11.9 Å². The molecule has 1 aliphatic rings. The number of ether oxygens (including phenoxy) is 1. The summed E-state index contributed by atoms with van der Waals surface area (Å²) in [5.74, 6) is 0.883. The van der Waals surface area contributed by atoms with Crippen LogP contribution in [0.5, 0.6) is 0 Å². The fraction of sp³-hybridized carbons (Fsp3) is 0.583. The molecule has 19 heavy (non-hydrogen) atoms. The Kier molecular flexibility index (Phi) is 4.60. The molecular weight excluding hydrogens is 264 g/mol. The second-order valence-electron chi connectivity index (χ2n) is 4.52. The van der Waals surface area contributed by atoms with Crippen LogP contribution < -0.4 is 5.73 Å².